The van der Waals surface area contributed by atoms with Crippen LogP contribution in [0.3, 0.4) is 0 Å². The molecular formula is C14H26O. The zero-order valence-corrected chi connectivity index (χ0v) is 11.1. The van der Waals surface area contributed by atoms with Crippen molar-refractivity contribution in [2.75, 3.05) is 0 Å². The molecule has 0 spiro atoms. The number of rotatable bonds is 0. The van der Waals surface area contributed by atoms with Gasteiger partial charge in [0, 0.05) is 0 Å². The maximum Gasteiger partial charge on any atom is 0.0617 e. The minimum atomic E-state index is 0.387. The molecule has 2 bridgehead atoms. The summed E-state index contributed by atoms with van der Waals surface area (Å²) in [6, 6.07) is 0. The van der Waals surface area contributed by atoms with Crippen LogP contribution in [-0.4, -0.2) is 12.2 Å². The van der Waals surface area contributed by atoms with Crippen molar-refractivity contribution in [3.8, 4) is 0 Å². The van der Waals surface area contributed by atoms with E-state index in [1.165, 1.54) is 12.8 Å². The van der Waals surface area contributed by atoms with E-state index in [1.807, 2.05) is 0 Å². The van der Waals surface area contributed by atoms with Crippen LogP contribution < -0.4 is 0 Å². The molecule has 0 aromatic rings. The Morgan fingerprint density at radius 2 is 1.07 bits per heavy atom. The molecule has 0 aromatic heterocycles. The smallest absolute Gasteiger partial charge is 0.0617 e. The number of fused-ring (bicyclic) bond motifs is 2. The van der Waals surface area contributed by atoms with Crippen molar-refractivity contribution in [2.24, 2.45) is 22.7 Å². The Balaban J connectivity index is 2.28. The molecule has 0 N–H and O–H groups in total. The summed E-state index contributed by atoms with van der Waals surface area (Å²) in [4.78, 5) is 0. The van der Waals surface area contributed by atoms with Gasteiger partial charge in [-0.15, -0.1) is 0 Å². The second-order valence-electron chi connectivity index (χ2n) is 7.57. The molecule has 15 heavy (non-hydrogen) atoms. The lowest BCUT2D eigenvalue weighted by Gasteiger charge is -2.44. The SMILES string of the molecule is CC(C)(C)[C@H]1[C@H](C(C)(C)C)[C@H]2CC[C@@H]1O2. The topological polar surface area (TPSA) is 9.23 Å². The van der Waals surface area contributed by atoms with Crippen molar-refractivity contribution in [1.29, 1.82) is 0 Å². The molecule has 2 aliphatic heterocycles. The predicted octanol–water partition coefficient (Wildman–Crippen LogP) is 3.87. The first kappa shape index (κ1) is 11.4. The van der Waals surface area contributed by atoms with E-state index in [9.17, 15) is 0 Å². The lowest BCUT2D eigenvalue weighted by atomic mass is 9.59. The fourth-order valence-corrected chi connectivity index (χ4v) is 3.87. The van der Waals surface area contributed by atoms with Crippen LogP contribution in [0.4, 0.5) is 0 Å². The van der Waals surface area contributed by atoms with E-state index >= 15 is 0 Å². The Morgan fingerprint density at radius 1 is 0.733 bits per heavy atom. The van der Waals surface area contributed by atoms with Gasteiger partial charge in [-0.25, -0.2) is 0 Å². The molecule has 2 heterocycles. The minimum absolute atomic E-state index is 0.387. The molecule has 0 saturated carbocycles. The van der Waals surface area contributed by atoms with Gasteiger partial charge in [0.05, 0.1) is 12.2 Å². The van der Waals surface area contributed by atoms with E-state index < -0.39 is 0 Å². The van der Waals surface area contributed by atoms with Gasteiger partial charge in [-0.1, -0.05) is 41.5 Å². The molecule has 0 amide bonds. The molecule has 2 rings (SSSR count). The van der Waals surface area contributed by atoms with Gasteiger partial charge in [0.2, 0.25) is 0 Å². The summed E-state index contributed by atoms with van der Waals surface area (Å²) < 4.78 is 6.15. The lowest BCUT2D eigenvalue weighted by Crippen LogP contribution is -2.42. The summed E-state index contributed by atoms with van der Waals surface area (Å²) >= 11 is 0. The van der Waals surface area contributed by atoms with Gasteiger partial charge in [-0.2, -0.15) is 0 Å². The minimum Gasteiger partial charge on any atom is -0.374 e. The molecule has 0 unspecified atom stereocenters. The Morgan fingerprint density at radius 3 is 1.33 bits per heavy atom. The monoisotopic (exact) mass is 210 g/mol. The molecule has 0 radical (unpaired) electrons. The zero-order valence-electron chi connectivity index (χ0n) is 11.1. The Bertz CT molecular complexity index is 217. The summed E-state index contributed by atoms with van der Waals surface area (Å²) in [6.07, 6.45) is 3.66. The molecule has 2 fully saturated rings. The van der Waals surface area contributed by atoms with Crippen LogP contribution in [0.15, 0.2) is 0 Å². The molecule has 1 heteroatoms. The fraction of sp³-hybridized carbons (Fsp3) is 1.00. The van der Waals surface area contributed by atoms with Crippen LogP contribution in [0.5, 0.6) is 0 Å². The van der Waals surface area contributed by atoms with E-state index in [0.717, 1.165) is 11.8 Å². The highest BCUT2D eigenvalue weighted by atomic mass is 16.5. The van der Waals surface area contributed by atoms with Crippen molar-refractivity contribution in [3.05, 3.63) is 0 Å². The third-order valence-electron chi connectivity index (χ3n) is 4.27. The van der Waals surface area contributed by atoms with Crippen LogP contribution in [0.2, 0.25) is 0 Å². The van der Waals surface area contributed by atoms with Crippen LogP contribution in [0, 0.1) is 22.7 Å². The second kappa shape index (κ2) is 3.23. The molecule has 4 atom stereocenters. The molecule has 1 nitrogen and oxygen atoms in total. The predicted molar refractivity (Wildman–Crippen MR) is 63.8 cm³/mol. The van der Waals surface area contributed by atoms with Crippen molar-refractivity contribution < 1.29 is 4.74 Å². The number of hydrogen-bond donors (Lipinski definition) is 0. The summed E-state index contributed by atoms with van der Waals surface area (Å²) in [7, 11) is 0. The third kappa shape index (κ3) is 1.84. The van der Waals surface area contributed by atoms with Gasteiger partial charge in [-0.3, -0.25) is 0 Å². The average molecular weight is 210 g/mol. The molecule has 0 aromatic carbocycles. The molecule has 2 aliphatic rings. The van der Waals surface area contributed by atoms with E-state index in [2.05, 4.69) is 41.5 Å². The molecular weight excluding hydrogens is 184 g/mol. The first-order valence-corrected chi connectivity index (χ1v) is 6.37. The first-order valence-electron chi connectivity index (χ1n) is 6.37. The van der Waals surface area contributed by atoms with E-state index in [4.69, 9.17) is 4.74 Å². The average Bonchev–Trinajstić information content (AvgIpc) is 2.56. The number of hydrogen-bond acceptors (Lipinski definition) is 1. The Kier molecular flexibility index (Phi) is 2.46. The van der Waals surface area contributed by atoms with Gasteiger partial charge in [-0.05, 0) is 35.5 Å². The Labute approximate surface area is 94.6 Å². The highest BCUT2D eigenvalue weighted by Gasteiger charge is 2.56. The van der Waals surface area contributed by atoms with Gasteiger partial charge in [0.1, 0.15) is 0 Å². The molecule has 0 aliphatic carbocycles. The number of ether oxygens (including phenoxy) is 1. The van der Waals surface area contributed by atoms with Gasteiger partial charge >= 0.3 is 0 Å². The standard InChI is InChI=1S/C14H26O/c1-13(2,3)11-9-7-8-10(15-9)12(11)14(4,5)6/h9-12H,7-8H2,1-6H3/t9-,10+,11-,12-/m1/s1. The van der Waals surface area contributed by atoms with E-state index in [1.54, 1.807) is 0 Å². The highest BCUT2D eigenvalue weighted by Crippen LogP contribution is 2.56. The third-order valence-corrected chi connectivity index (χ3v) is 4.27. The highest BCUT2D eigenvalue weighted by molar-refractivity contribution is 5.04. The van der Waals surface area contributed by atoms with E-state index in [-0.39, 0.29) is 0 Å². The summed E-state index contributed by atoms with van der Waals surface area (Å²) in [6.45, 7) is 14.3. The van der Waals surface area contributed by atoms with Crippen molar-refractivity contribution in [1.82, 2.24) is 0 Å². The van der Waals surface area contributed by atoms with Gasteiger partial charge < -0.3 is 4.74 Å². The Hall–Kier alpha value is -0.0400. The zero-order chi connectivity index (χ0) is 11.4. The summed E-state index contributed by atoms with van der Waals surface area (Å²) in [5.74, 6) is 1.49. The summed E-state index contributed by atoms with van der Waals surface area (Å²) in [5, 5.41) is 0. The van der Waals surface area contributed by atoms with E-state index in [0.29, 0.717) is 23.0 Å². The maximum atomic E-state index is 6.15. The largest absolute Gasteiger partial charge is 0.374 e. The maximum absolute atomic E-state index is 6.15. The molecule has 2 saturated heterocycles. The fourth-order valence-electron chi connectivity index (χ4n) is 3.87. The van der Waals surface area contributed by atoms with Crippen LogP contribution in [-0.2, 0) is 4.74 Å². The molecule has 88 valence electrons. The van der Waals surface area contributed by atoms with Crippen LogP contribution in [0.25, 0.3) is 0 Å². The second-order valence-corrected chi connectivity index (χ2v) is 7.57. The van der Waals surface area contributed by atoms with Gasteiger partial charge in [0.25, 0.3) is 0 Å². The lowest BCUT2D eigenvalue weighted by molar-refractivity contribution is 0.0591. The van der Waals surface area contributed by atoms with Crippen LogP contribution >= 0.6 is 0 Å². The normalized spacial score (nSPS) is 41.2. The van der Waals surface area contributed by atoms with Gasteiger partial charge in [0.15, 0.2) is 0 Å². The first-order chi connectivity index (χ1) is 6.71. The van der Waals surface area contributed by atoms with Crippen LogP contribution in [0.1, 0.15) is 54.4 Å². The van der Waals surface area contributed by atoms with Crippen molar-refractivity contribution in [2.45, 2.75) is 66.6 Å². The summed E-state index contributed by atoms with van der Waals surface area (Å²) in [5.41, 5.74) is 0.773. The van der Waals surface area contributed by atoms with Crippen molar-refractivity contribution >= 4 is 0 Å². The quantitative estimate of drug-likeness (QED) is 0.589. The van der Waals surface area contributed by atoms with Crippen molar-refractivity contribution in [3.63, 3.8) is 0 Å².